The van der Waals surface area contributed by atoms with Crippen LogP contribution in [0.25, 0.3) is 0 Å². The normalized spacial score (nSPS) is 16.0. The zero-order valence-corrected chi connectivity index (χ0v) is 21.0. The number of halogens is 3. The molecule has 0 bridgehead atoms. The third kappa shape index (κ3) is 8.56. The second-order valence-corrected chi connectivity index (χ2v) is 9.52. The molecule has 0 saturated carbocycles. The number of piperidine rings is 1. The predicted molar refractivity (Wildman–Crippen MR) is 138 cm³/mol. The molecular formula is C27H34F3N5O3. The lowest BCUT2D eigenvalue weighted by molar-refractivity contribution is -0.137. The van der Waals surface area contributed by atoms with Crippen molar-refractivity contribution >= 4 is 23.4 Å². The number of rotatable bonds is 10. The lowest BCUT2D eigenvalue weighted by Gasteiger charge is -2.32. The van der Waals surface area contributed by atoms with Gasteiger partial charge in [0, 0.05) is 18.8 Å². The van der Waals surface area contributed by atoms with Crippen LogP contribution in [0.15, 0.2) is 54.6 Å². The van der Waals surface area contributed by atoms with E-state index >= 15 is 0 Å². The summed E-state index contributed by atoms with van der Waals surface area (Å²) < 4.78 is 39.3. The van der Waals surface area contributed by atoms with Gasteiger partial charge in [0.1, 0.15) is 6.04 Å². The molecule has 1 fully saturated rings. The van der Waals surface area contributed by atoms with Crippen molar-refractivity contribution in [2.45, 2.75) is 50.4 Å². The molecule has 0 spiro atoms. The minimum absolute atomic E-state index is 0.0517. The van der Waals surface area contributed by atoms with Gasteiger partial charge >= 0.3 is 6.18 Å². The van der Waals surface area contributed by atoms with Crippen molar-refractivity contribution in [1.29, 1.82) is 0 Å². The molecule has 2 atom stereocenters. The highest BCUT2D eigenvalue weighted by Crippen LogP contribution is 2.30. The number of amides is 3. The molecule has 206 valence electrons. The Labute approximate surface area is 219 Å². The quantitative estimate of drug-likeness (QED) is 0.373. The van der Waals surface area contributed by atoms with E-state index in [1.54, 1.807) is 4.90 Å². The van der Waals surface area contributed by atoms with Crippen LogP contribution in [0.4, 0.5) is 18.9 Å². The first-order chi connectivity index (χ1) is 18.1. The molecule has 3 amide bonds. The molecule has 8 nitrogen and oxygen atoms in total. The molecule has 3 rings (SSSR count). The maximum atomic E-state index is 13.1. The fraction of sp³-hybridized carbons (Fsp3) is 0.444. The molecule has 11 heteroatoms. The minimum atomic E-state index is -4.57. The van der Waals surface area contributed by atoms with Gasteiger partial charge in [0.2, 0.25) is 17.7 Å². The van der Waals surface area contributed by atoms with Crippen molar-refractivity contribution < 1.29 is 27.6 Å². The summed E-state index contributed by atoms with van der Waals surface area (Å²) in [6.45, 7) is 1.67. The Morgan fingerprint density at radius 3 is 2.32 bits per heavy atom. The van der Waals surface area contributed by atoms with Gasteiger partial charge in [-0.15, -0.1) is 0 Å². The Balaban J connectivity index is 1.65. The van der Waals surface area contributed by atoms with Gasteiger partial charge in [0.05, 0.1) is 18.0 Å². The second kappa shape index (κ2) is 13.4. The molecule has 38 heavy (non-hydrogen) atoms. The maximum Gasteiger partial charge on any atom is 0.416 e. The Morgan fingerprint density at radius 2 is 1.68 bits per heavy atom. The average molecular weight is 534 g/mol. The van der Waals surface area contributed by atoms with Gasteiger partial charge < -0.3 is 27.0 Å². The molecule has 2 aromatic rings. The number of likely N-dealkylation sites (tertiary alicyclic amines) is 1. The number of alkyl halides is 3. The number of anilines is 1. The lowest BCUT2D eigenvalue weighted by Crippen LogP contribution is -2.52. The monoisotopic (exact) mass is 533 g/mol. The Bertz CT molecular complexity index is 1090. The van der Waals surface area contributed by atoms with Gasteiger partial charge in [0.25, 0.3) is 0 Å². The number of nitrogens with zero attached hydrogens (tertiary/aromatic N) is 1. The number of benzene rings is 2. The summed E-state index contributed by atoms with van der Waals surface area (Å²) in [7, 11) is 0. The number of carbonyl (C=O) groups excluding carboxylic acids is 3. The van der Waals surface area contributed by atoms with Crippen LogP contribution in [0, 0.1) is 5.92 Å². The van der Waals surface area contributed by atoms with E-state index in [0.717, 1.165) is 30.5 Å². The number of nitrogens with one attached hydrogen (secondary N) is 2. The van der Waals surface area contributed by atoms with Crippen molar-refractivity contribution in [3.63, 3.8) is 0 Å². The summed E-state index contributed by atoms with van der Waals surface area (Å²) in [6, 6.07) is 11.2. The van der Waals surface area contributed by atoms with Gasteiger partial charge in [-0.2, -0.15) is 13.2 Å². The summed E-state index contributed by atoms with van der Waals surface area (Å²) in [5, 5.41) is 5.05. The highest BCUT2D eigenvalue weighted by Gasteiger charge is 2.31. The van der Waals surface area contributed by atoms with Gasteiger partial charge in [-0.25, -0.2) is 0 Å². The number of carbonyl (C=O) groups is 3. The molecule has 1 saturated heterocycles. The van der Waals surface area contributed by atoms with E-state index in [-0.39, 0.29) is 24.4 Å². The predicted octanol–water partition coefficient (Wildman–Crippen LogP) is 2.68. The minimum Gasteiger partial charge on any atom is -0.343 e. The SMILES string of the molecule is NCC1CCN(C(=O)C[C@H](N)C(=O)N[C@@H](CCc2ccccc2)C(=O)Nc2cccc(C(F)(F)F)c2)CC1. The summed E-state index contributed by atoms with van der Waals surface area (Å²) in [5.41, 5.74) is 11.7. The van der Waals surface area contributed by atoms with Gasteiger partial charge in [-0.3, -0.25) is 14.4 Å². The first-order valence-corrected chi connectivity index (χ1v) is 12.6. The standard InChI is InChI=1S/C27H34F3N5O3/c28-27(29,30)20-7-4-8-21(15-20)33-26(38)23(10-9-18-5-2-1-3-6-18)34-25(37)22(32)16-24(36)35-13-11-19(17-31)12-14-35/h1-8,15,19,22-23H,9-14,16-17,31-32H2,(H,33,38)(H,34,37)/t22-,23-/m0/s1. The van der Waals surface area contributed by atoms with Crippen LogP contribution in [0.1, 0.15) is 36.8 Å². The van der Waals surface area contributed by atoms with Crippen LogP contribution in [0.2, 0.25) is 0 Å². The van der Waals surface area contributed by atoms with Crippen molar-refractivity contribution in [3.8, 4) is 0 Å². The number of hydrogen-bond acceptors (Lipinski definition) is 5. The summed E-state index contributed by atoms with van der Waals surface area (Å²) in [5.74, 6) is -1.25. The van der Waals surface area contributed by atoms with E-state index < -0.39 is 35.6 Å². The van der Waals surface area contributed by atoms with E-state index in [2.05, 4.69) is 10.6 Å². The molecule has 1 aliphatic rings. The number of aryl methyl sites for hydroxylation is 1. The second-order valence-electron chi connectivity index (χ2n) is 9.52. The molecule has 0 radical (unpaired) electrons. The van der Waals surface area contributed by atoms with E-state index in [0.29, 0.717) is 32.0 Å². The van der Waals surface area contributed by atoms with Crippen LogP contribution in [0.3, 0.4) is 0 Å². The first kappa shape index (κ1) is 29.1. The van der Waals surface area contributed by atoms with E-state index in [9.17, 15) is 27.6 Å². The van der Waals surface area contributed by atoms with Crippen molar-refractivity contribution in [2.75, 3.05) is 25.0 Å². The third-order valence-electron chi connectivity index (χ3n) is 6.69. The largest absolute Gasteiger partial charge is 0.416 e. The zero-order valence-electron chi connectivity index (χ0n) is 21.0. The molecule has 2 aromatic carbocycles. The third-order valence-corrected chi connectivity index (χ3v) is 6.69. The molecule has 0 aromatic heterocycles. The van der Waals surface area contributed by atoms with Crippen LogP contribution < -0.4 is 22.1 Å². The van der Waals surface area contributed by atoms with Crippen molar-refractivity contribution in [2.24, 2.45) is 17.4 Å². The topological polar surface area (TPSA) is 131 Å². The Kier molecular flexibility index (Phi) is 10.3. The smallest absolute Gasteiger partial charge is 0.343 e. The highest BCUT2D eigenvalue weighted by atomic mass is 19.4. The van der Waals surface area contributed by atoms with Crippen LogP contribution in [0.5, 0.6) is 0 Å². The lowest BCUT2D eigenvalue weighted by atomic mass is 9.96. The molecule has 6 N–H and O–H groups in total. The fourth-order valence-corrected chi connectivity index (χ4v) is 4.33. The average Bonchev–Trinajstić information content (AvgIpc) is 2.91. The van der Waals surface area contributed by atoms with Gasteiger partial charge in [-0.05, 0) is 61.9 Å². The Hall–Kier alpha value is -3.44. The van der Waals surface area contributed by atoms with Crippen molar-refractivity contribution in [3.05, 3.63) is 65.7 Å². The van der Waals surface area contributed by atoms with Gasteiger partial charge in [-0.1, -0.05) is 36.4 Å². The Morgan fingerprint density at radius 1 is 1.00 bits per heavy atom. The molecule has 1 heterocycles. The number of hydrogen-bond donors (Lipinski definition) is 4. The van der Waals surface area contributed by atoms with Crippen LogP contribution in [-0.4, -0.2) is 54.3 Å². The highest BCUT2D eigenvalue weighted by molar-refractivity contribution is 5.98. The first-order valence-electron chi connectivity index (χ1n) is 12.6. The van der Waals surface area contributed by atoms with Crippen LogP contribution in [-0.2, 0) is 27.0 Å². The molecular weight excluding hydrogens is 499 g/mol. The van der Waals surface area contributed by atoms with E-state index in [4.69, 9.17) is 11.5 Å². The van der Waals surface area contributed by atoms with Crippen molar-refractivity contribution in [1.82, 2.24) is 10.2 Å². The molecule has 1 aliphatic heterocycles. The molecule has 0 unspecified atom stereocenters. The van der Waals surface area contributed by atoms with Crippen LogP contribution >= 0.6 is 0 Å². The summed E-state index contributed by atoms with van der Waals surface area (Å²) in [4.78, 5) is 40.2. The fourth-order valence-electron chi connectivity index (χ4n) is 4.33. The summed E-state index contributed by atoms with van der Waals surface area (Å²) in [6.07, 6.45) is -2.61. The van der Waals surface area contributed by atoms with E-state index in [1.165, 1.54) is 12.1 Å². The number of nitrogens with two attached hydrogens (primary N) is 2. The maximum absolute atomic E-state index is 13.1. The van der Waals surface area contributed by atoms with E-state index in [1.807, 2.05) is 30.3 Å². The summed E-state index contributed by atoms with van der Waals surface area (Å²) >= 11 is 0. The molecule has 0 aliphatic carbocycles. The zero-order chi connectivity index (χ0) is 27.7. The van der Waals surface area contributed by atoms with Gasteiger partial charge in [0.15, 0.2) is 0 Å².